The third-order valence-corrected chi connectivity index (χ3v) is 6.49. The topological polar surface area (TPSA) is 79.0 Å². The largest absolute Gasteiger partial charge is 0.497 e. The van der Waals surface area contributed by atoms with E-state index in [2.05, 4.69) is 10.2 Å². The van der Waals surface area contributed by atoms with Crippen LogP contribution in [0.4, 0.5) is 17.1 Å². The van der Waals surface area contributed by atoms with Crippen LogP contribution in [0.1, 0.15) is 26.2 Å². The molecule has 162 valence electrons. The van der Waals surface area contributed by atoms with Crippen LogP contribution in [-0.2, 0) is 14.8 Å². The number of anilines is 3. The Morgan fingerprint density at radius 2 is 1.77 bits per heavy atom. The van der Waals surface area contributed by atoms with Crippen molar-refractivity contribution in [3.05, 3.63) is 48.5 Å². The minimum absolute atomic E-state index is 0.375. The van der Waals surface area contributed by atoms with E-state index < -0.39 is 22.0 Å². The van der Waals surface area contributed by atoms with Crippen LogP contribution in [0.3, 0.4) is 0 Å². The molecule has 1 saturated heterocycles. The van der Waals surface area contributed by atoms with Gasteiger partial charge >= 0.3 is 0 Å². The van der Waals surface area contributed by atoms with E-state index in [1.807, 2.05) is 24.3 Å². The predicted octanol–water partition coefficient (Wildman–Crippen LogP) is 3.48. The van der Waals surface area contributed by atoms with Gasteiger partial charge < -0.3 is 15.0 Å². The quantitative estimate of drug-likeness (QED) is 0.726. The minimum atomic E-state index is -3.69. The number of rotatable bonds is 7. The molecule has 0 aromatic heterocycles. The molecule has 1 atom stereocenters. The van der Waals surface area contributed by atoms with Crippen molar-refractivity contribution in [1.82, 2.24) is 0 Å². The Hall–Kier alpha value is -2.74. The highest BCUT2D eigenvalue weighted by Crippen LogP contribution is 2.26. The van der Waals surface area contributed by atoms with Gasteiger partial charge in [0, 0.05) is 30.5 Å². The molecule has 1 fully saturated rings. The fourth-order valence-electron chi connectivity index (χ4n) is 3.71. The Bertz CT molecular complexity index is 970. The number of carbonyl (C=O) groups excluding carboxylic acids is 1. The number of nitrogens with zero attached hydrogens (tertiary/aromatic N) is 2. The van der Waals surface area contributed by atoms with Crippen molar-refractivity contribution in [2.24, 2.45) is 0 Å². The van der Waals surface area contributed by atoms with Crippen molar-refractivity contribution in [3.8, 4) is 5.75 Å². The van der Waals surface area contributed by atoms with Crippen molar-refractivity contribution in [2.75, 3.05) is 41.0 Å². The maximum absolute atomic E-state index is 12.9. The smallest absolute Gasteiger partial charge is 0.247 e. The zero-order valence-electron chi connectivity index (χ0n) is 17.7. The zero-order chi connectivity index (χ0) is 21.7. The molecule has 0 aliphatic carbocycles. The van der Waals surface area contributed by atoms with E-state index >= 15 is 0 Å². The Morgan fingerprint density at radius 1 is 1.10 bits per heavy atom. The number of benzene rings is 2. The number of carbonyl (C=O) groups is 1. The maximum atomic E-state index is 12.9. The highest BCUT2D eigenvalue weighted by molar-refractivity contribution is 7.92. The van der Waals surface area contributed by atoms with Crippen LogP contribution in [0.5, 0.6) is 5.75 Å². The second-order valence-corrected chi connectivity index (χ2v) is 9.38. The van der Waals surface area contributed by atoms with Gasteiger partial charge in [0.15, 0.2) is 0 Å². The first-order valence-electron chi connectivity index (χ1n) is 10.1. The van der Waals surface area contributed by atoms with Gasteiger partial charge in [-0.15, -0.1) is 0 Å². The molecule has 0 bridgehead atoms. The normalized spacial score (nSPS) is 15.4. The molecule has 1 heterocycles. The molecule has 1 aliphatic rings. The SMILES string of the molecule is COc1cccc(N(C(C)C(=O)Nc2ccc(N3CCCCC3)cc2)S(C)(=O)=O)c1. The summed E-state index contributed by atoms with van der Waals surface area (Å²) in [6, 6.07) is 13.4. The van der Waals surface area contributed by atoms with Gasteiger partial charge in [0.25, 0.3) is 0 Å². The average Bonchev–Trinajstić information content (AvgIpc) is 2.74. The first kappa shape index (κ1) is 22.0. The lowest BCUT2D eigenvalue weighted by Crippen LogP contribution is -2.45. The highest BCUT2D eigenvalue weighted by atomic mass is 32.2. The molecule has 7 nitrogen and oxygen atoms in total. The Labute approximate surface area is 178 Å². The fraction of sp³-hybridized carbons (Fsp3) is 0.409. The Kier molecular flexibility index (Phi) is 6.87. The van der Waals surface area contributed by atoms with Gasteiger partial charge in [-0.3, -0.25) is 9.10 Å². The van der Waals surface area contributed by atoms with Gasteiger partial charge in [-0.25, -0.2) is 8.42 Å². The number of hydrogen-bond donors (Lipinski definition) is 1. The fourth-order valence-corrected chi connectivity index (χ4v) is 4.88. The van der Waals surface area contributed by atoms with E-state index in [0.717, 1.165) is 29.3 Å². The first-order valence-corrected chi connectivity index (χ1v) is 11.9. The summed E-state index contributed by atoms with van der Waals surface area (Å²) < 4.78 is 31.2. The summed E-state index contributed by atoms with van der Waals surface area (Å²) in [5.74, 6) is 0.107. The maximum Gasteiger partial charge on any atom is 0.247 e. The van der Waals surface area contributed by atoms with Crippen LogP contribution in [0.2, 0.25) is 0 Å². The van der Waals surface area contributed by atoms with Gasteiger partial charge in [0.1, 0.15) is 11.8 Å². The van der Waals surface area contributed by atoms with Crippen LogP contribution in [-0.4, -0.2) is 46.8 Å². The Morgan fingerprint density at radius 3 is 2.37 bits per heavy atom. The number of sulfonamides is 1. The number of amides is 1. The van der Waals surface area contributed by atoms with Gasteiger partial charge in [-0.1, -0.05) is 6.07 Å². The second kappa shape index (κ2) is 9.38. The summed E-state index contributed by atoms with van der Waals surface area (Å²) in [7, 11) is -2.18. The molecule has 2 aromatic carbocycles. The molecule has 1 amide bonds. The van der Waals surface area contributed by atoms with Crippen LogP contribution >= 0.6 is 0 Å². The number of methoxy groups -OCH3 is 1. The van der Waals surface area contributed by atoms with Gasteiger partial charge in [0.2, 0.25) is 15.9 Å². The summed E-state index contributed by atoms with van der Waals surface area (Å²) in [6.07, 6.45) is 4.75. The van der Waals surface area contributed by atoms with E-state index in [0.29, 0.717) is 17.1 Å². The number of hydrogen-bond acceptors (Lipinski definition) is 5. The highest BCUT2D eigenvalue weighted by Gasteiger charge is 2.29. The zero-order valence-corrected chi connectivity index (χ0v) is 18.5. The van der Waals surface area contributed by atoms with Crippen LogP contribution in [0.25, 0.3) is 0 Å². The second-order valence-electron chi connectivity index (χ2n) is 7.52. The molecular formula is C22H29N3O4S. The summed E-state index contributed by atoms with van der Waals surface area (Å²) in [4.78, 5) is 15.2. The lowest BCUT2D eigenvalue weighted by Gasteiger charge is -2.29. The monoisotopic (exact) mass is 431 g/mol. The van der Waals surface area contributed by atoms with Crippen LogP contribution < -0.4 is 19.3 Å². The lowest BCUT2D eigenvalue weighted by molar-refractivity contribution is -0.116. The number of piperidine rings is 1. The summed E-state index contributed by atoms with van der Waals surface area (Å²) in [5, 5.41) is 2.83. The van der Waals surface area contributed by atoms with E-state index in [1.54, 1.807) is 31.2 Å². The molecule has 0 saturated carbocycles. The predicted molar refractivity (Wildman–Crippen MR) is 121 cm³/mol. The number of nitrogens with one attached hydrogen (secondary N) is 1. The molecule has 1 unspecified atom stereocenters. The third kappa shape index (κ3) is 5.24. The molecule has 1 N–H and O–H groups in total. The molecule has 1 aliphatic heterocycles. The van der Waals surface area contributed by atoms with Gasteiger partial charge in [-0.05, 0) is 62.6 Å². The minimum Gasteiger partial charge on any atom is -0.497 e. The van der Waals surface area contributed by atoms with Crippen molar-refractivity contribution in [1.29, 1.82) is 0 Å². The van der Waals surface area contributed by atoms with Crippen molar-refractivity contribution >= 4 is 33.0 Å². The molecule has 0 radical (unpaired) electrons. The molecule has 3 rings (SSSR count). The Balaban J connectivity index is 1.75. The standard InChI is InChI=1S/C22H29N3O4S/c1-17(25(30(3,27)28)20-8-7-9-21(16-20)29-2)22(26)23-18-10-12-19(13-11-18)24-14-5-4-6-15-24/h7-13,16-17H,4-6,14-15H2,1-3H3,(H,23,26). The van der Waals surface area contributed by atoms with Crippen LogP contribution in [0.15, 0.2) is 48.5 Å². The average molecular weight is 432 g/mol. The van der Waals surface area contributed by atoms with E-state index in [9.17, 15) is 13.2 Å². The molecule has 2 aromatic rings. The van der Waals surface area contributed by atoms with Crippen molar-refractivity contribution < 1.29 is 17.9 Å². The van der Waals surface area contributed by atoms with Crippen LogP contribution in [0, 0.1) is 0 Å². The van der Waals surface area contributed by atoms with Gasteiger partial charge in [-0.2, -0.15) is 0 Å². The molecule has 0 spiro atoms. The van der Waals surface area contributed by atoms with Crippen molar-refractivity contribution in [3.63, 3.8) is 0 Å². The molecular weight excluding hydrogens is 402 g/mol. The summed E-state index contributed by atoms with van der Waals surface area (Å²) >= 11 is 0. The molecule has 8 heteroatoms. The van der Waals surface area contributed by atoms with Gasteiger partial charge in [0.05, 0.1) is 19.1 Å². The van der Waals surface area contributed by atoms with Crippen molar-refractivity contribution in [2.45, 2.75) is 32.2 Å². The van der Waals surface area contributed by atoms with E-state index in [-0.39, 0.29) is 0 Å². The third-order valence-electron chi connectivity index (χ3n) is 5.25. The first-order chi connectivity index (χ1) is 14.3. The van der Waals surface area contributed by atoms with E-state index in [4.69, 9.17) is 4.74 Å². The molecule has 30 heavy (non-hydrogen) atoms. The summed E-state index contributed by atoms with van der Waals surface area (Å²) in [6.45, 7) is 3.66. The summed E-state index contributed by atoms with van der Waals surface area (Å²) in [5.41, 5.74) is 2.14. The van der Waals surface area contributed by atoms with E-state index in [1.165, 1.54) is 26.4 Å². The number of ether oxygens (including phenoxy) is 1. The lowest BCUT2D eigenvalue weighted by atomic mass is 10.1.